The number of rotatable bonds is 10. The maximum Gasteiger partial charge on any atom is 0.333 e. The van der Waals surface area contributed by atoms with Gasteiger partial charge in [0, 0.05) is 29.1 Å². The van der Waals surface area contributed by atoms with E-state index in [9.17, 15) is 4.79 Å². The number of nitrogens with zero attached hydrogens (tertiary/aromatic N) is 1. The lowest BCUT2D eigenvalue weighted by Crippen LogP contribution is -2.09. The summed E-state index contributed by atoms with van der Waals surface area (Å²) in [6, 6.07) is 48.4. The lowest BCUT2D eigenvalue weighted by atomic mass is 9.94. The van der Waals surface area contributed by atoms with E-state index in [-0.39, 0.29) is 5.97 Å². The van der Waals surface area contributed by atoms with E-state index in [1.165, 1.54) is 0 Å². The molecule has 0 bridgehead atoms. The van der Waals surface area contributed by atoms with Crippen molar-refractivity contribution in [3.8, 4) is 0 Å². The maximum atomic E-state index is 11.7. The van der Waals surface area contributed by atoms with Gasteiger partial charge in [0.15, 0.2) is 0 Å². The molecule has 0 aliphatic rings. The normalized spacial score (nSPS) is 11.1. The average Bonchev–Trinajstić information content (AvgIpc) is 3.02. The fourth-order valence-corrected chi connectivity index (χ4v) is 4.67. The zero-order valence-corrected chi connectivity index (χ0v) is 23.2. The van der Waals surface area contributed by atoms with Crippen molar-refractivity contribution in [2.24, 2.45) is 0 Å². The van der Waals surface area contributed by atoms with Crippen molar-refractivity contribution < 1.29 is 9.53 Å². The van der Waals surface area contributed by atoms with Crippen molar-refractivity contribution in [1.29, 1.82) is 0 Å². The summed E-state index contributed by atoms with van der Waals surface area (Å²) in [5, 5.41) is 0. The molecule has 0 saturated heterocycles. The molecule has 0 heterocycles. The molecule has 0 spiro atoms. The fraction of sp³-hybridized carbons (Fsp3) is 0.0789. The summed E-state index contributed by atoms with van der Waals surface area (Å²) < 4.78 is 5.26. The smallest absolute Gasteiger partial charge is 0.333 e. The maximum absolute atomic E-state index is 11.7. The van der Waals surface area contributed by atoms with E-state index in [0.717, 1.165) is 44.9 Å². The highest BCUT2D eigenvalue weighted by molar-refractivity contribution is 5.92. The summed E-state index contributed by atoms with van der Waals surface area (Å²) in [5.74, 6) is -0.349. The van der Waals surface area contributed by atoms with Gasteiger partial charge >= 0.3 is 5.97 Å². The summed E-state index contributed by atoms with van der Waals surface area (Å²) in [5.41, 5.74) is 9.38. The number of hydrogen-bond acceptors (Lipinski definition) is 3. The van der Waals surface area contributed by atoms with E-state index in [2.05, 4.69) is 139 Å². The molecule has 5 aromatic rings. The molecule has 0 unspecified atom stereocenters. The van der Waals surface area contributed by atoms with Crippen molar-refractivity contribution in [2.75, 3.05) is 11.5 Å². The van der Waals surface area contributed by atoms with Gasteiger partial charge in [-0.25, -0.2) is 4.79 Å². The number of ether oxygens (including phenoxy) is 1. The second-order valence-electron chi connectivity index (χ2n) is 9.89. The second-order valence-corrected chi connectivity index (χ2v) is 9.89. The number of esters is 1. The molecule has 3 heteroatoms. The monoisotopic (exact) mass is 535 g/mol. The number of benzene rings is 5. The Hall–Kier alpha value is -5.15. The summed E-state index contributed by atoms with van der Waals surface area (Å²) in [6.07, 6.45) is 2.89. The minimum Gasteiger partial charge on any atom is -0.462 e. The minimum absolute atomic E-state index is 0.335. The number of para-hydroxylation sites is 2. The molecule has 0 aliphatic carbocycles. The van der Waals surface area contributed by atoms with Gasteiger partial charge < -0.3 is 9.64 Å². The lowest BCUT2D eigenvalue weighted by Gasteiger charge is -2.25. The molecule has 0 N–H and O–H groups in total. The van der Waals surface area contributed by atoms with Gasteiger partial charge in [0.25, 0.3) is 0 Å². The number of carbonyl (C=O) groups is 1. The van der Waals surface area contributed by atoms with Crippen LogP contribution in [0, 0.1) is 0 Å². The molecule has 202 valence electrons. The van der Waals surface area contributed by atoms with Gasteiger partial charge in [-0.05, 0) is 77.2 Å². The molecule has 0 aromatic heterocycles. The Morgan fingerprint density at radius 1 is 0.659 bits per heavy atom. The van der Waals surface area contributed by atoms with Gasteiger partial charge in [-0.15, -0.1) is 0 Å². The Balaban J connectivity index is 1.42. The highest BCUT2D eigenvalue weighted by Crippen LogP contribution is 2.35. The van der Waals surface area contributed by atoms with Crippen LogP contribution in [0.4, 0.5) is 17.1 Å². The van der Waals surface area contributed by atoms with Crippen LogP contribution < -0.4 is 4.90 Å². The Morgan fingerprint density at radius 3 is 1.68 bits per heavy atom. The Labute approximate surface area is 242 Å². The van der Waals surface area contributed by atoms with Crippen LogP contribution in [0.3, 0.4) is 0 Å². The van der Waals surface area contributed by atoms with Gasteiger partial charge in [0.2, 0.25) is 0 Å². The third-order valence-corrected chi connectivity index (χ3v) is 6.81. The predicted molar refractivity (Wildman–Crippen MR) is 170 cm³/mol. The van der Waals surface area contributed by atoms with Crippen LogP contribution in [-0.2, 0) is 16.0 Å². The third kappa shape index (κ3) is 7.09. The molecule has 0 radical (unpaired) electrons. The number of hydrogen-bond donors (Lipinski definition) is 0. The largest absolute Gasteiger partial charge is 0.462 e. The van der Waals surface area contributed by atoms with E-state index in [1.807, 2.05) is 18.2 Å². The van der Waals surface area contributed by atoms with E-state index >= 15 is 0 Å². The van der Waals surface area contributed by atoms with Crippen LogP contribution in [0.15, 0.2) is 152 Å². The van der Waals surface area contributed by atoms with Crippen molar-refractivity contribution in [3.63, 3.8) is 0 Å². The Morgan fingerprint density at radius 2 is 1.15 bits per heavy atom. The molecule has 41 heavy (non-hydrogen) atoms. The molecule has 0 saturated carbocycles. The Kier molecular flexibility index (Phi) is 8.88. The van der Waals surface area contributed by atoms with Crippen LogP contribution in [-0.4, -0.2) is 12.6 Å². The molecular weight excluding hydrogens is 502 g/mol. The number of anilines is 3. The van der Waals surface area contributed by atoms with E-state index in [0.29, 0.717) is 18.6 Å². The molecule has 5 rings (SSSR count). The first-order valence-electron chi connectivity index (χ1n) is 13.8. The van der Waals surface area contributed by atoms with Gasteiger partial charge in [-0.1, -0.05) is 110 Å². The molecule has 0 fully saturated rings. The van der Waals surface area contributed by atoms with Crippen molar-refractivity contribution >= 4 is 34.7 Å². The van der Waals surface area contributed by atoms with E-state index in [4.69, 9.17) is 4.74 Å². The van der Waals surface area contributed by atoms with E-state index in [1.54, 1.807) is 6.92 Å². The van der Waals surface area contributed by atoms with Crippen LogP contribution in [0.5, 0.6) is 0 Å². The quantitative estimate of drug-likeness (QED) is 0.101. The first-order chi connectivity index (χ1) is 20.1. The molecular formula is C38H33NO2. The Bertz CT molecular complexity index is 1570. The standard InChI is InChI=1S/C38H33NO2/c1-29(2)38(40)41-27-26-30-18-22-33(23-19-30)37(32-12-6-3-7-13-32)28-31-20-24-36(25-21-31)39(34-14-8-4-9-15-34)35-16-10-5-11-17-35/h3-25,28H,1,26-27H2,2H3. The number of carbonyl (C=O) groups excluding carboxylic acids is 1. The highest BCUT2D eigenvalue weighted by Gasteiger charge is 2.12. The molecule has 0 aliphatic heterocycles. The minimum atomic E-state index is -0.349. The van der Waals surface area contributed by atoms with Crippen LogP contribution in [0.1, 0.15) is 29.2 Å². The van der Waals surface area contributed by atoms with Crippen LogP contribution in [0.25, 0.3) is 11.6 Å². The van der Waals surface area contributed by atoms with Crippen molar-refractivity contribution in [3.05, 3.63) is 174 Å². The molecule has 0 amide bonds. The van der Waals surface area contributed by atoms with E-state index < -0.39 is 0 Å². The van der Waals surface area contributed by atoms with Gasteiger partial charge in [-0.2, -0.15) is 0 Å². The molecule has 5 aromatic carbocycles. The summed E-state index contributed by atoms with van der Waals surface area (Å²) in [4.78, 5) is 13.9. The molecule has 0 atom stereocenters. The SMILES string of the molecule is C=C(C)C(=O)OCCc1ccc(C(=Cc2ccc(N(c3ccccc3)c3ccccc3)cc2)c2ccccc2)cc1. The third-order valence-electron chi connectivity index (χ3n) is 6.81. The summed E-state index contributed by atoms with van der Waals surface area (Å²) >= 11 is 0. The van der Waals surface area contributed by atoms with Crippen LogP contribution in [0.2, 0.25) is 0 Å². The van der Waals surface area contributed by atoms with Gasteiger partial charge in [0.05, 0.1) is 6.61 Å². The predicted octanol–water partition coefficient (Wildman–Crippen LogP) is 9.41. The zero-order valence-electron chi connectivity index (χ0n) is 23.2. The average molecular weight is 536 g/mol. The second kappa shape index (κ2) is 13.3. The first kappa shape index (κ1) is 27.4. The summed E-state index contributed by atoms with van der Waals surface area (Å²) in [6.45, 7) is 5.63. The topological polar surface area (TPSA) is 29.5 Å². The van der Waals surface area contributed by atoms with Crippen LogP contribution >= 0.6 is 0 Å². The van der Waals surface area contributed by atoms with Gasteiger partial charge in [-0.3, -0.25) is 0 Å². The summed E-state index contributed by atoms with van der Waals surface area (Å²) in [7, 11) is 0. The fourth-order valence-electron chi connectivity index (χ4n) is 4.67. The molecule has 3 nitrogen and oxygen atoms in total. The van der Waals surface area contributed by atoms with Gasteiger partial charge in [0.1, 0.15) is 0 Å². The zero-order chi connectivity index (χ0) is 28.4. The lowest BCUT2D eigenvalue weighted by molar-refractivity contribution is -0.138. The highest BCUT2D eigenvalue weighted by atomic mass is 16.5. The van der Waals surface area contributed by atoms with Crippen molar-refractivity contribution in [2.45, 2.75) is 13.3 Å². The van der Waals surface area contributed by atoms with Crippen molar-refractivity contribution in [1.82, 2.24) is 0 Å². The first-order valence-corrected chi connectivity index (χ1v) is 13.8.